The molecule has 0 spiro atoms. The van der Waals surface area contributed by atoms with E-state index in [4.69, 9.17) is 37.0 Å². The van der Waals surface area contributed by atoms with E-state index in [1.54, 1.807) is 0 Å². The number of esters is 4. The van der Waals surface area contributed by atoms with E-state index in [9.17, 15) is 43.2 Å². The second-order valence-corrected chi connectivity index (χ2v) is 25.0. The number of ether oxygens (including phenoxy) is 4. The lowest BCUT2D eigenvalue weighted by molar-refractivity contribution is -0.161. The van der Waals surface area contributed by atoms with E-state index in [0.29, 0.717) is 25.7 Å². The minimum atomic E-state index is -4.94. The van der Waals surface area contributed by atoms with Crippen molar-refractivity contribution in [1.29, 1.82) is 0 Å². The fourth-order valence-electron chi connectivity index (χ4n) is 9.10. The predicted molar refractivity (Wildman–Crippen MR) is 317 cm³/mol. The number of aliphatic hydroxyl groups excluding tert-OH is 1. The van der Waals surface area contributed by atoms with Crippen LogP contribution in [0.15, 0.2) is 0 Å². The monoisotopic (exact) mass is 1180 g/mol. The molecule has 5 atom stereocenters. The molecular weight excluding hydrogens is 1070 g/mol. The molecule has 0 aliphatic rings. The maximum atomic E-state index is 12.9. The van der Waals surface area contributed by atoms with Gasteiger partial charge in [0.25, 0.3) is 0 Å². The summed E-state index contributed by atoms with van der Waals surface area (Å²) < 4.78 is 67.8. The first-order valence-corrected chi connectivity index (χ1v) is 35.3. The van der Waals surface area contributed by atoms with Crippen LogP contribution >= 0.6 is 15.6 Å². The number of aliphatic hydroxyl groups is 1. The highest BCUT2D eigenvalue weighted by atomic mass is 31.2. The smallest absolute Gasteiger partial charge is 0.462 e. The van der Waals surface area contributed by atoms with Crippen LogP contribution in [-0.4, -0.2) is 96.7 Å². The van der Waals surface area contributed by atoms with Crippen LogP contribution in [0.4, 0.5) is 0 Å². The van der Waals surface area contributed by atoms with Crippen molar-refractivity contribution in [1.82, 2.24) is 0 Å². The van der Waals surface area contributed by atoms with Crippen LogP contribution in [0.1, 0.15) is 310 Å². The Hall–Kier alpha value is -1.94. The summed E-state index contributed by atoms with van der Waals surface area (Å²) in [4.78, 5) is 71.9. The standard InChI is InChI=1S/C61H118O17P2/c1-5-9-13-17-21-25-26-27-28-32-36-40-44-48-61(66)78-57(52-72-59(64)46-42-38-34-30-23-19-15-11-7-3)54-76-80(69,70)74-50-55(62)49-73-79(67,68)75-53-56(77-60(65)47-43-39-35-31-24-20-16-12-8-4)51-71-58(63)45-41-37-33-29-22-18-14-10-6-2/h55-57,62H,5-54H2,1-4H3,(H,67,68)(H,69,70)/t55-,56+,57+/m0/s1. The molecule has 474 valence electrons. The average Bonchev–Trinajstić information content (AvgIpc) is 3.43. The highest BCUT2D eigenvalue weighted by Gasteiger charge is 2.30. The van der Waals surface area contributed by atoms with Gasteiger partial charge in [-0.1, -0.05) is 259 Å². The summed E-state index contributed by atoms with van der Waals surface area (Å²) in [5.74, 6) is -2.14. The van der Waals surface area contributed by atoms with Gasteiger partial charge in [-0.3, -0.25) is 37.3 Å². The summed E-state index contributed by atoms with van der Waals surface area (Å²) in [5.41, 5.74) is 0. The number of carbonyl (C=O) groups is 4. The largest absolute Gasteiger partial charge is 0.472 e. The Kier molecular flexibility index (Phi) is 54.8. The first kappa shape index (κ1) is 78.1. The van der Waals surface area contributed by atoms with Crippen molar-refractivity contribution in [3.8, 4) is 0 Å². The summed E-state index contributed by atoms with van der Waals surface area (Å²) in [6.07, 6.45) is 40.2. The topological polar surface area (TPSA) is 237 Å². The van der Waals surface area contributed by atoms with Gasteiger partial charge >= 0.3 is 39.5 Å². The summed E-state index contributed by atoms with van der Waals surface area (Å²) in [6.45, 7) is 4.83. The molecule has 0 bridgehead atoms. The molecule has 3 N–H and O–H groups in total. The zero-order chi connectivity index (χ0) is 59.1. The van der Waals surface area contributed by atoms with Gasteiger partial charge in [0.15, 0.2) is 12.2 Å². The molecule has 0 saturated heterocycles. The van der Waals surface area contributed by atoms with Crippen molar-refractivity contribution in [3.05, 3.63) is 0 Å². The first-order chi connectivity index (χ1) is 38.7. The molecular formula is C61H118O17P2. The van der Waals surface area contributed by atoms with Crippen LogP contribution in [0.3, 0.4) is 0 Å². The maximum Gasteiger partial charge on any atom is 0.472 e. The van der Waals surface area contributed by atoms with Crippen molar-refractivity contribution >= 4 is 39.5 Å². The minimum Gasteiger partial charge on any atom is -0.462 e. The normalized spacial score (nSPS) is 14.2. The third-order valence-electron chi connectivity index (χ3n) is 14.1. The number of carbonyl (C=O) groups excluding carboxylic acids is 4. The SMILES string of the molecule is CCCCCCCCCCCCCCCC(=O)O[C@H](COC(=O)CCCCCCCCCCC)COP(=O)(O)OC[C@@H](O)COP(=O)(O)OC[C@@H](COC(=O)CCCCCCCCCCC)OC(=O)CCCCCCCCCCC. The van der Waals surface area contributed by atoms with Crippen LogP contribution in [-0.2, 0) is 65.4 Å². The third-order valence-corrected chi connectivity index (χ3v) is 16.0. The molecule has 19 heteroatoms. The fourth-order valence-corrected chi connectivity index (χ4v) is 10.7. The van der Waals surface area contributed by atoms with Gasteiger partial charge in [-0.15, -0.1) is 0 Å². The van der Waals surface area contributed by atoms with E-state index >= 15 is 0 Å². The summed E-state index contributed by atoms with van der Waals surface area (Å²) in [7, 11) is -9.87. The van der Waals surface area contributed by atoms with E-state index in [1.807, 2.05) is 0 Å². The molecule has 0 aliphatic carbocycles. The molecule has 0 rings (SSSR count). The second kappa shape index (κ2) is 56.2. The molecule has 0 amide bonds. The number of rotatable bonds is 62. The van der Waals surface area contributed by atoms with Gasteiger partial charge in [-0.2, -0.15) is 0 Å². The first-order valence-electron chi connectivity index (χ1n) is 32.3. The zero-order valence-electron chi connectivity index (χ0n) is 51.0. The summed E-state index contributed by atoms with van der Waals surface area (Å²) >= 11 is 0. The Morgan fingerprint density at radius 2 is 0.500 bits per heavy atom. The molecule has 0 aliphatic heterocycles. The quantitative estimate of drug-likeness (QED) is 0.0222. The van der Waals surface area contributed by atoms with Gasteiger partial charge in [0.1, 0.15) is 19.3 Å². The van der Waals surface area contributed by atoms with Crippen LogP contribution in [0.2, 0.25) is 0 Å². The Morgan fingerprint density at radius 1 is 0.300 bits per heavy atom. The van der Waals surface area contributed by atoms with E-state index < -0.39 is 97.5 Å². The number of unbranched alkanes of at least 4 members (excludes halogenated alkanes) is 36. The lowest BCUT2D eigenvalue weighted by atomic mass is 10.0. The van der Waals surface area contributed by atoms with Crippen LogP contribution in [0.25, 0.3) is 0 Å². The molecule has 0 heterocycles. The lowest BCUT2D eigenvalue weighted by Crippen LogP contribution is -2.30. The Labute approximate surface area is 486 Å². The average molecular weight is 1190 g/mol. The van der Waals surface area contributed by atoms with E-state index in [2.05, 4.69) is 27.7 Å². The van der Waals surface area contributed by atoms with Crippen LogP contribution < -0.4 is 0 Å². The highest BCUT2D eigenvalue weighted by Crippen LogP contribution is 2.45. The molecule has 2 unspecified atom stereocenters. The Balaban J connectivity index is 5.21. The lowest BCUT2D eigenvalue weighted by Gasteiger charge is -2.21. The molecule has 0 radical (unpaired) electrons. The zero-order valence-corrected chi connectivity index (χ0v) is 52.8. The highest BCUT2D eigenvalue weighted by molar-refractivity contribution is 7.47. The maximum absolute atomic E-state index is 12.9. The molecule has 0 aromatic heterocycles. The Morgan fingerprint density at radius 3 is 0.738 bits per heavy atom. The van der Waals surface area contributed by atoms with Crippen molar-refractivity contribution in [2.75, 3.05) is 39.6 Å². The third kappa shape index (κ3) is 55.3. The van der Waals surface area contributed by atoms with Crippen LogP contribution in [0.5, 0.6) is 0 Å². The van der Waals surface area contributed by atoms with E-state index in [-0.39, 0.29) is 25.7 Å². The molecule has 0 aromatic carbocycles. The van der Waals surface area contributed by atoms with E-state index in [0.717, 1.165) is 89.9 Å². The molecule has 17 nitrogen and oxygen atoms in total. The van der Waals surface area contributed by atoms with Gasteiger partial charge < -0.3 is 33.8 Å². The number of hydrogen-bond acceptors (Lipinski definition) is 15. The second-order valence-electron chi connectivity index (χ2n) is 22.1. The van der Waals surface area contributed by atoms with Gasteiger partial charge in [0, 0.05) is 25.7 Å². The van der Waals surface area contributed by atoms with Crippen molar-refractivity contribution < 1.29 is 80.2 Å². The molecule has 0 saturated carbocycles. The number of phosphoric ester groups is 2. The van der Waals surface area contributed by atoms with Gasteiger partial charge in [0.05, 0.1) is 26.4 Å². The van der Waals surface area contributed by atoms with Gasteiger partial charge in [0.2, 0.25) is 0 Å². The van der Waals surface area contributed by atoms with E-state index in [1.165, 1.54) is 141 Å². The molecule has 80 heavy (non-hydrogen) atoms. The van der Waals surface area contributed by atoms with Crippen molar-refractivity contribution in [2.45, 2.75) is 329 Å². The summed E-state index contributed by atoms with van der Waals surface area (Å²) in [5, 5.41) is 10.5. The summed E-state index contributed by atoms with van der Waals surface area (Å²) in [6, 6.07) is 0. The van der Waals surface area contributed by atoms with Gasteiger partial charge in [-0.05, 0) is 25.7 Å². The van der Waals surface area contributed by atoms with Crippen LogP contribution in [0, 0.1) is 0 Å². The van der Waals surface area contributed by atoms with Gasteiger partial charge in [-0.25, -0.2) is 9.13 Å². The number of hydrogen-bond donors (Lipinski definition) is 3. The molecule has 0 aromatic rings. The fraction of sp³-hybridized carbons (Fsp3) is 0.934. The van der Waals surface area contributed by atoms with Crippen molar-refractivity contribution in [2.24, 2.45) is 0 Å². The predicted octanol–water partition coefficient (Wildman–Crippen LogP) is 16.8. The minimum absolute atomic E-state index is 0.106. The molecule has 0 fully saturated rings. The van der Waals surface area contributed by atoms with Crippen molar-refractivity contribution in [3.63, 3.8) is 0 Å². The Bertz CT molecular complexity index is 1550. The number of phosphoric acid groups is 2.